The van der Waals surface area contributed by atoms with E-state index in [2.05, 4.69) is 12.2 Å². The minimum Gasteiger partial charge on any atom is -0.492 e. The summed E-state index contributed by atoms with van der Waals surface area (Å²) in [4.78, 5) is 0. The molecule has 0 bridgehead atoms. The van der Waals surface area contributed by atoms with Crippen molar-refractivity contribution in [3.8, 4) is 5.75 Å². The van der Waals surface area contributed by atoms with Gasteiger partial charge < -0.3 is 20.5 Å². The molecule has 35 heavy (non-hydrogen) atoms. The molecule has 0 aliphatic carbocycles. The molecule has 0 unspecified atom stereocenters. The quantitative estimate of drug-likeness (QED) is 0.242. The molecule has 0 spiro atoms. The first-order chi connectivity index (χ1) is 17.0. The fraction of sp³-hybridized carbons (Fsp3) is 0.538. The molecule has 0 fully saturated rings. The van der Waals surface area contributed by atoms with E-state index in [1.807, 2.05) is 36.4 Å². The van der Waals surface area contributed by atoms with Crippen LogP contribution < -0.4 is 20.1 Å². The molecule has 3 N–H and O–H groups in total. The molecule has 0 aliphatic heterocycles. The van der Waals surface area contributed by atoms with E-state index in [9.17, 15) is 8.42 Å². The van der Waals surface area contributed by atoms with Gasteiger partial charge in [0.05, 0.1) is 36.9 Å². The largest absolute Gasteiger partial charge is 0.492 e. The van der Waals surface area contributed by atoms with Gasteiger partial charge in [0, 0.05) is 18.1 Å². The van der Waals surface area contributed by atoms with Crippen LogP contribution in [-0.4, -0.2) is 53.6 Å². The van der Waals surface area contributed by atoms with Crippen molar-refractivity contribution in [3.05, 3.63) is 53.6 Å². The van der Waals surface area contributed by atoms with Gasteiger partial charge in [-0.3, -0.25) is 4.31 Å². The molecule has 0 saturated carbocycles. The Bertz CT molecular complexity index is 942. The van der Waals surface area contributed by atoms with Gasteiger partial charge in [-0.2, -0.15) is 0 Å². The fourth-order valence-electron chi connectivity index (χ4n) is 3.64. The second-order valence-electron chi connectivity index (χ2n) is 8.30. The van der Waals surface area contributed by atoms with Gasteiger partial charge in [-0.25, -0.2) is 8.42 Å². The molecule has 2 rings (SSSR count). The maximum atomic E-state index is 13.4. The number of ether oxygens (including phenoxy) is 2. The number of rotatable bonds is 19. The van der Waals surface area contributed by atoms with Crippen LogP contribution in [0.5, 0.6) is 5.75 Å². The molecule has 2 aromatic rings. The molecule has 2 aromatic carbocycles. The normalized spacial score (nSPS) is 11.4. The number of sulfonamides is 1. The minimum absolute atomic E-state index is 0.115. The third kappa shape index (κ3) is 11.1. The number of para-hydroxylation sites is 2. The number of nitrogens with two attached hydrogens (primary N) is 1. The van der Waals surface area contributed by atoms with Gasteiger partial charge in [0.1, 0.15) is 12.4 Å². The average Bonchev–Trinajstić information content (AvgIpc) is 2.85. The summed E-state index contributed by atoms with van der Waals surface area (Å²) >= 11 is 5.91. The third-order valence-electron chi connectivity index (χ3n) is 5.47. The van der Waals surface area contributed by atoms with Crippen molar-refractivity contribution < 1.29 is 17.9 Å². The molecule has 0 saturated heterocycles. The molecule has 196 valence electrons. The standard InChI is InChI=1S/C26H40ClN3O4S/c1-2-3-4-5-6-9-22-35(31,32)30(18-21-33-19-16-28)26-11-8-7-10-25(26)29-17-20-34-24-14-12-23(27)13-15-24/h7-8,10-15,29H,2-6,9,16-22,28H2,1H3. The highest BCUT2D eigenvalue weighted by Crippen LogP contribution is 2.28. The van der Waals surface area contributed by atoms with Crippen LogP contribution in [0.15, 0.2) is 48.5 Å². The van der Waals surface area contributed by atoms with Crippen molar-refractivity contribution in [2.24, 2.45) is 5.73 Å². The van der Waals surface area contributed by atoms with Crippen LogP contribution in [0.3, 0.4) is 0 Å². The molecule has 0 aromatic heterocycles. The Morgan fingerprint density at radius 1 is 0.943 bits per heavy atom. The number of hydrogen-bond donors (Lipinski definition) is 2. The zero-order valence-electron chi connectivity index (χ0n) is 20.8. The van der Waals surface area contributed by atoms with Crippen LogP contribution in [0.4, 0.5) is 11.4 Å². The highest BCUT2D eigenvalue weighted by Gasteiger charge is 2.24. The summed E-state index contributed by atoms with van der Waals surface area (Å²) < 4.78 is 39.5. The van der Waals surface area contributed by atoms with Gasteiger partial charge in [-0.15, -0.1) is 0 Å². The van der Waals surface area contributed by atoms with Crippen LogP contribution in [0.25, 0.3) is 0 Å². The molecule has 0 atom stereocenters. The summed E-state index contributed by atoms with van der Waals surface area (Å²) in [5.41, 5.74) is 6.86. The zero-order valence-corrected chi connectivity index (χ0v) is 22.3. The average molecular weight is 526 g/mol. The predicted octanol–water partition coefficient (Wildman–Crippen LogP) is 5.30. The number of anilines is 2. The molecule has 0 heterocycles. The van der Waals surface area contributed by atoms with E-state index in [0.717, 1.165) is 30.7 Å². The highest BCUT2D eigenvalue weighted by atomic mass is 35.5. The Morgan fingerprint density at radius 2 is 1.66 bits per heavy atom. The Morgan fingerprint density at radius 3 is 2.40 bits per heavy atom. The van der Waals surface area contributed by atoms with Crippen molar-refractivity contribution in [1.82, 2.24) is 0 Å². The summed E-state index contributed by atoms with van der Waals surface area (Å²) in [7, 11) is -3.52. The maximum absolute atomic E-state index is 13.4. The van der Waals surface area contributed by atoms with E-state index >= 15 is 0 Å². The van der Waals surface area contributed by atoms with Crippen LogP contribution >= 0.6 is 11.6 Å². The molecule has 0 amide bonds. The Balaban J connectivity index is 2.03. The number of unbranched alkanes of at least 4 members (excludes halogenated alkanes) is 5. The molecule has 9 heteroatoms. The van der Waals surface area contributed by atoms with E-state index in [0.29, 0.717) is 43.4 Å². The van der Waals surface area contributed by atoms with Gasteiger partial charge in [-0.1, -0.05) is 62.8 Å². The smallest absolute Gasteiger partial charge is 0.235 e. The lowest BCUT2D eigenvalue weighted by molar-refractivity contribution is 0.150. The number of nitrogens with zero attached hydrogens (tertiary/aromatic N) is 1. The lowest BCUT2D eigenvalue weighted by Crippen LogP contribution is -2.36. The summed E-state index contributed by atoms with van der Waals surface area (Å²) in [6.45, 7) is 4.40. The highest BCUT2D eigenvalue weighted by molar-refractivity contribution is 7.92. The zero-order chi connectivity index (χ0) is 25.4. The van der Waals surface area contributed by atoms with Crippen LogP contribution in [0.1, 0.15) is 45.4 Å². The Labute approximate surface area is 216 Å². The van der Waals surface area contributed by atoms with Crippen LogP contribution in [0.2, 0.25) is 5.02 Å². The second kappa shape index (κ2) is 16.6. The number of halogens is 1. The van der Waals surface area contributed by atoms with E-state index in [1.165, 1.54) is 17.1 Å². The minimum atomic E-state index is -3.52. The number of benzene rings is 2. The van der Waals surface area contributed by atoms with E-state index in [-0.39, 0.29) is 18.9 Å². The van der Waals surface area contributed by atoms with Crippen molar-refractivity contribution in [1.29, 1.82) is 0 Å². The van der Waals surface area contributed by atoms with Gasteiger partial charge in [-0.05, 0) is 42.8 Å². The summed E-state index contributed by atoms with van der Waals surface area (Å²) in [5, 5.41) is 3.98. The molecular formula is C26H40ClN3O4S. The van der Waals surface area contributed by atoms with Crippen molar-refractivity contribution in [2.45, 2.75) is 45.4 Å². The predicted molar refractivity (Wildman–Crippen MR) is 146 cm³/mol. The van der Waals surface area contributed by atoms with Gasteiger partial charge in [0.2, 0.25) is 10.0 Å². The third-order valence-corrected chi connectivity index (χ3v) is 7.57. The van der Waals surface area contributed by atoms with E-state index in [1.54, 1.807) is 12.1 Å². The second-order valence-corrected chi connectivity index (χ2v) is 10.8. The maximum Gasteiger partial charge on any atom is 0.235 e. The van der Waals surface area contributed by atoms with Crippen molar-refractivity contribution in [2.75, 3.05) is 54.8 Å². The van der Waals surface area contributed by atoms with Crippen LogP contribution in [0, 0.1) is 0 Å². The van der Waals surface area contributed by atoms with Gasteiger partial charge in [0.25, 0.3) is 0 Å². The van der Waals surface area contributed by atoms with Gasteiger partial charge >= 0.3 is 0 Å². The van der Waals surface area contributed by atoms with Gasteiger partial charge in [0.15, 0.2) is 0 Å². The van der Waals surface area contributed by atoms with Crippen molar-refractivity contribution >= 4 is 33.0 Å². The van der Waals surface area contributed by atoms with Crippen molar-refractivity contribution in [3.63, 3.8) is 0 Å². The number of nitrogens with one attached hydrogen (secondary N) is 1. The molecular weight excluding hydrogens is 486 g/mol. The first kappa shape index (κ1) is 29.2. The SMILES string of the molecule is CCCCCCCCS(=O)(=O)N(CCOCCN)c1ccccc1NCCOc1ccc(Cl)cc1. The van der Waals surface area contributed by atoms with E-state index in [4.69, 9.17) is 26.8 Å². The fourth-order valence-corrected chi connectivity index (χ4v) is 5.37. The van der Waals surface area contributed by atoms with E-state index < -0.39 is 10.0 Å². The summed E-state index contributed by atoms with van der Waals surface area (Å²) in [5.74, 6) is 0.842. The monoisotopic (exact) mass is 525 g/mol. The lowest BCUT2D eigenvalue weighted by Gasteiger charge is -2.27. The molecule has 7 nitrogen and oxygen atoms in total. The first-order valence-corrected chi connectivity index (χ1v) is 14.5. The summed E-state index contributed by atoms with van der Waals surface area (Å²) in [6.07, 6.45) is 6.14. The number of hydrogen-bond acceptors (Lipinski definition) is 6. The topological polar surface area (TPSA) is 93.9 Å². The molecule has 0 radical (unpaired) electrons. The summed E-state index contributed by atoms with van der Waals surface area (Å²) in [6, 6.07) is 14.6. The Kier molecular flexibility index (Phi) is 13.9. The lowest BCUT2D eigenvalue weighted by atomic mass is 10.1. The van der Waals surface area contributed by atoms with Crippen LogP contribution in [-0.2, 0) is 14.8 Å². The first-order valence-electron chi connectivity index (χ1n) is 12.5. The molecule has 0 aliphatic rings. The Hall–Kier alpha value is -2.00.